The number of nitrogen functional groups attached to an aromatic ring is 1. The third-order valence-corrected chi connectivity index (χ3v) is 6.77. The second-order valence-electron chi connectivity index (χ2n) is 5.84. The molecular weight excluding hydrogens is 455 g/mol. The fourth-order valence-electron chi connectivity index (χ4n) is 2.45. The summed E-state index contributed by atoms with van der Waals surface area (Å²) in [6.07, 6.45) is 2.93. The minimum atomic E-state index is -4.25. The molecule has 0 saturated heterocycles. The van der Waals surface area contributed by atoms with E-state index >= 15 is 0 Å². The number of nitrogens with two attached hydrogens (primary N) is 1. The highest BCUT2D eigenvalue weighted by molar-refractivity contribution is 7.88. The first-order chi connectivity index (χ1) is 14.4. The minimum absolute atomic E-state index is 0.101. The second kappa shape index (κ2) is 8.07. The van der Waals surface area contributed by atoms with Crippen LogP contribution in [0.3, 0.4) is 0 Å². The second-order valence-corrected chi connectivity index (χ2v) is 9.02. The molecule has 154 valence electrons. The maximum Gasteiger partial charge on any atom is 0.326 e. The topological polar surface area (TPSA) is 126 Å². The Labute approximate surface area is 179 Å². The van der Waals surface area contributed by atoms with Gasteiger partial charge in [-0.25, -0.2) is 9.37 Å². The molecule has 0 saturated carbocycles. The summed E-state index contributed by atoms with van der Waals surface area (Å²) in [4.78, 5) is 4.13. The molecule has 13 heteroatoms. The van der Waals surface area contributed by atoms with Gasteiger partial charge in [-0.05, 0) is 18.2 Å². The van der Waals surface area contributed by atoms with Crippen LogP contribution in [-0.2, 0) is 20.9 Å². The van der Waals surface area contributed by atoms with Gasteiger partial charge in [0.05, 0.1) is 23.4 Å². The van der Waals surface area contributed by atoms with Gasteiger partial charge in [-0.3, -0.25) is 4.18 Å². The number of hydrogen-bond acceptors (Lipinski definition) is 9. The van der Waals surface area contributed by atoms with E-state index < -0.39 is 26.9 Å². The fraction of sp³-hybridized carbons (Fsp3) is 0.0588. The Balaban J connectivity index is 1.59. The van der Waals surface area contributed by atoms with Crippen molar-refractivity contribution in [2.75, 3.05) is 5.73 Å². The summed E-state index contributed by atoms with van der Waals surface area (Å²) in [5.41, 5.74) is 6.58. The van der Waals surface area contributed by atoms with E-state index in [-0.39, 0.29) is 16.4 Å². The van der Waals surface area contributed by atoms with Crippen LogP contribution in [0, 0.1) is 5.82 Å². The van der Waals surface area contributed by atoms with Crippen LogP contribution in [0.4, 0.5) is 10.2 Å². The van der Waals surface area contributed by atoms with Gasteiger partial charge in [-0.1, -0.05) is 41.1 Å². The molecule has 0 aliphatic carbocycles. The monoisotopic (exact) mass is 466 g/mol. The predicted octanol–water partition coefficient (Wildman–Crippen LogP) is 3.07. The normalized spacial score (nSPS) is 11.7. The maximum atomic E-state index is 13.7. The molecule has 9 nitrogen and oxygen atoms in total. The molecule has 0 aliphatic rings. The highest BCUT2D eigenvalue weighted by atomic mass is 35.5. The largest absolute Gasteiger partial charge is 0.383 e. The molecule has 0 radical (unpaired) electrons. The van der Waals surface area contributed by atoms with Crippen molar-refractivity contribution < 1.29 is 17.0 Å². The van der Waals surface area contributed by atoms with Crippen LogP contribution >= 0.6 is 22.9 Å². The Morgan fingerprint density at radius 1 is 1.20 bits per heavy atom. The number of nitrogens with zero attached hydrogens (tertiary/aromatic N) is 5. The zero-order chi connectivity index (χ0) is 21.3. The maximum absolute atomic E-state index is 13.7. The van der Waals surface area contributed by atoms with Crippen molar-refractivity contribution in [2.45, 2.75) is 10.9 Å². The van der Waals surface area contributed by atoms with Crippen LogP contribution in [0.25, 0.3) is 16.4 Å². The van der Waals surface area contributed by atoms with Crippen molar-refractivity contribution in [3.63, 3.8) is 0 Å². The van der Waals surface area contributed by atoms with Crippen LogP contribution in [0.2, 0.25) is 5.02 Å². The lowest BCUT2D eigenvalue weighted by Gasteiger charge is -2.04. The van der Waals surface area contributed by atoms with E-state index in [4.69, 9.17) is 21.5 Å². The van der Waals surface area contributed by atoms with E-state index in [0.29, 0.717) is 16.4 Å². The number of anilines is 1. The van der Waals surface area contributed by atoms with E-state index in [2.05, 4.69) is 20.3 Å². The van der Waals surface area contributed by atoms with Crippen LogP contribution in [0.5, 0.6) is 0 Å². The standard InChI is InChI=1S/C17H12ClFN6O3S2/c18-12-5-3-7-21-15(12)25-14(20)11(8-22-25)16-23-24-17(29-16)30(26,27)28-9-10-4-1-2-6-13(10)19/h1-8H,9,20H2. The van der Waals surface area contributed by atoms with Crippen molar-refractivity contribution in [1.82, 2.24) is 25.0 Å². The molecule has 0 amide bonds. The first-order valence-corrected chi connectivity index (χ1v) is 10.9. The molecule has 3 aromatic heterocycles. The van der Waals surface area contributed by atoms with Crippen LogP contribution < -0.4 is 5.73 Å². The molecular formula is C17H12ClFN6O3S2. The summed E-state index contributed by atoms with van der Waals surface area (Å²) < 4.78 is 44.3. The summed E-state index contributed by atoms with van der Waals surface area (Å²) in [6.45, 7) is -0.470. The van der Waals surface area contributed by atoms with Crippen molar-refractivity contribution >= 4 is 38.9 Å². The molecule has 4 aromatic rings. The number of rotatable bonds is 6. The Morgan fingerprint density at radius 2 is 2.00 bits per heavy atom. The molecule has 30 heavy (non-hydrogen) atoms. The average molecular weight is 467 g/mol. The van der Waals surface area contributed by atoms with Crippen molar-refractivity contribution in [1.29, 1.82) is 0 Å². The van der Waals surface area contributed by atoms with Crippen molar-refractivity contribution in [3.8, 4) is 16.4 Å². The smallest absolute Gasteiger partial charge is 0.326 e. The summed E-state index contributed by atoms with van der Waals surface area (Å²) >= 11 is 6.86. The van der Waals surface area contributed by atoms with E-state index in [1.54, 1.807) is 18.2 Å². The summed E-state index contributed by atoms with van der Waals surface area (Å²) in [6, 6.07) is 9.00. The van der Waals surface area contributed by atoms with E-state index in [1.165, 1.54) is 35.3 Å². The minimum Gasteiger partial charge on any atom is -0.383 e. The van der Waals surface area contributed by atoms with Gasteiger partial charge in [-0.2, -0.15) is 18.2 Å². The first kappa shape index (κ1) is 20.3. The zero-order valence-corrected chi connectivity index (χ0v) is 17.3. The summed E-state index contributed by atoms with van der Waals surface area (Å²) in [5, 5.41) is 12.2. The number of benzene rings is 1. The van der Waals surface area contributed by atoms with Gasteiger partial charge in [0.15, 0.2) is 10.8 Å². The molecule has 1 aromatic carbocycles. The number of hydrogen-bond donors (Lipinski definition) is 1. The Morgan fingerprint density at radius 3 is 2.77 bits per heavy atom. The molecule has 2 N–H and O–H groups in total. The first-order valence-electron chi connectivity index (χ1n) is 8.28. The fourth-order valence-corrected chi connectivity index (χ4v) is 4.56. The lowest BCUT2D eigenvalue weighted by Crippen LogP contribution is -2.07. The van der Waals surface area contributed by atoms with Crippen molar-refractivity contribution in [2.24, 2.45) is 0 Å². The molecule has 0 spiro atoms. The van der Waals surface area contributed by atoms with Crippen LogP contribution in [0.1, 0.15) is 5.56 Å². The quantitative estimate of drug-likeness (QED) is 0.429. The van der Waals surface area contributed by atoms with E-state index in [9.17, 15) is 12.8 Å². The molecule has 0 fully saturated rings. The molecule has 0 bridgehead atoms. The lowest BCUT2D eigenvalue weighted by molar-refractivity contribution is 0.302. The Kier molecular flexibility index (Phi) is 5.47. The molecule has 0 aliphatic heterocycles. The third-order valence-electron chi connectivity index (χ3n) is 3.92. The van der Waals surface area contributed by atoms with E-state index in [0.717, 1.165) is 11.3 Å². The number of aromatic nitrogens is 5. The summed E-state index contributed by atoms with van der Waals surface area (Å²) in [7, 11) is -4.25. The Hall–Kier alpha value is -2.93. The number of pyridine rings is 1. The molecule has 3 heterocycles. The van der Waals surface area contributed by atoms with Gasteiger partial charge in [0.25, 0.3) is 4.34 Å². The number of halogens is 2. The van der Waals surface area contributed by atoms with Crippen molar-refractivity contribution in [3.05, 3.63) is 65.2 Å². The van der Waals surface area contributed by atoms with Gasteiger partial charge >= 0.3 is 10.1 Å². The predicted molar refractivity (Wildman–Crippen MR) is 108 cm³/mol. The summed E-state index contributed by atoms with van der Waals surface area (Å²) in [5.74, 6) is -0.101. The molecule has 4 rings (SSSR count). The van der Waals surface area contributed by atoms with Crippen LogP contribution in [-0.4, -0.2) is 33.4 Å². The SMILES string of the molecule is Nc1c(-c2nnc(S(=O)(=O)OCc3ccccc3F)s2)cnn1-c1ncccc1Cl. The highest BCUT2D eigenvalue weighted by Gasteiger charge is 2.24. The molecule has 0 atom stereocenters. The Bertz CT molecular complexity index is 1320. The van der Waals surface area contributed by atoms with Gasteiger partial charge in [0.1, 0.15) is 11.6 Å². The van der Waals surface area contributed by atoms with Gasteiger partial charge < -0.3 is 5.73 Å². The third kappa shape index (κ3) is 3.89. The molecule has 0 unspecified atom stereocenters. The van der Waals surface area contributed by atoms with Gasteiger partial charge in [0.2, 0.25) is 0 Å². The van der Waals surface area contributed by atoms with Crippen LogP contribution in [0.15, 0.2) is 53.1 Å². The average Bonchev–Trinajstić information content (AvgIpc) is 3.35. The van der Waals surface area contributed by atoms with E-state index in [1.807, 2.05) is 0 Å². The zero-order valence-electron chi connectivity index (χ0n) is 14.9. The van der Waals surface area contributed by atoms with Gasteiger partial charge in [-0.15, -0.1) is 10.2 Å². The van der Waals surface area contributed by atoms with Gasteiger partial charge in [0, 0.05) is 11.8 Å². The lowest BCUT2D eigenvalue weighted by atomic mass is 10.2. The highest BCUT2D eigenvalue weighted by Crippen LogP contribution is 2.32.